The van der Waals surface area contributed by atoms with Crippen molar-refractivity contribution >= 4 is 21.4 Å². The van der Waals surface area contributed by atoms with Gasteiger partial charge in [0.2, 0.25) is 0 Å². The van der Waals surface area contributed by atoms with Crippen molar-refractivity contribution in [3.63, 3.8) is 0 Å². The van der Waals surface area contributed by atoms with Gasteiger partial charge in [-0.15, -0.1) is 0 Å². The topological polar surface area (TPSA) is 98.2 Å². The van der Waals surface area contributed by atoms with Crippen LogP contribution in [0, 0.1) is 23.4 Å². The fraction of sp³-hybridized carbons (Fsp3) is 0.346. The number of carbonyl (C=O) groups excluding carboxylic acids is 1. The van der Waals surface area contributed by atoms with Gasteiger partial charge in [0.05, 0.1) is 34.6 Å². The second-order valence-corrected chi connectivity index (χ2v) is 11.3. The molecule has 196 valence electrons. The Labute approximate surface area is 213 Å². The van der Waals surface area contributed by atoms with Gasteiger partial charge < -0.3 is 10.1 Å². The van der Waals surface area contributed by atoms with E-state index in [1.807, 2.05) is 0 Å². The number of benzene rings is 1. The number of pyridine rings is 2. The van der Waals surface area contributed by atoms with E-state index in [0.29, 0.717) is 23.7 Å². The van der Waals surface area contributed by atoms with E-state index in [-0.39, 0.29) is 17.9 Å². The van der Waals surface area contributed by atoms with Gasteiger partial charge in [0.25, 0.3) is 5.91 Å². The van der Waals surface area contributed by atoms with Crippen LogP contribution in [0.15, 0.2) is 47.6 Å². The second-order valence-electron chi connectivity index (χ2n) is 9.32. The third kappa shape index (κ3) is 5.83. The number of nitrogens with zero attached hydrogens (tertiary/aromatic N) is 2. The largest absolute Gasteiger partial charge is 0.370 e. The lowest BCUT2D eigenvalue weighted by molar-refractivity contribution is -0.0723. The zero-order valence-corrected chi connectivity index (χ0v) is 21.3. The van der Waals surface area contributed by atoms with Gasteiger partial charge in [-0.05, 0) is 55.5 Å². The van der Waals surface area contributed by atoms with E-state index < -0.39 is 49.3 Å². The van der Waals surface area contributed by atoms with E-state index in [2.05, 4.69) is 29.1 Å². The van der Waals surface area contributed by atoms with Gasteiger partial charge in [-0.3, -0.25) is 9.78 Å². The van der Waals surface area contributed by atoms with Crippen LogP contribution in [0.1, 0.15) is 55.3 Å². The van der Waals surface area contributed by atoms with Crippen molar-refractivity contribution in [2.24, 2.45) is 5.92 Å². The molecule has 0 spiro atoms. The molecule has 3 heterocycles. The molecule has 1 amide bonds. The molecule has 0 bridgehead atoms. The second kappa shape index (κ2) is 10.6. The minimum atomic E-state index is -3.91. The summed E-state index contributed by atoms with van der Waals surface area (Å²) in [5, 5.41) is 2.69. The molecule has 1 N–H and O–H groups in total. The standard InChI is InChI=1S/C26H26F3N3O4S/c1-14(2)22-5-4-6-23(36-22)16-9-10-30-13-21(16)32-26(33)20-8-7-17(27)25(31-20)24-18(28)11-15(12-19(24)29)37(3,34)35/h7-14,22-23H,4-6H2,1-3H3,(H,32,33). The Balaban J connectivity index is 1.64. The molecule has 0 saturated carbocycles. The summed E-state index contributed by atoms with van der Waals surface area (Å²) in [5.74, 6) is -4.16. The molecule has 7 nitrogen and oxygen atoms in total. The number of halogens is 3. The number of hydrogen-bond acceptors (Lipinski definition) is 6. The van der Waals surface area contributed by atoms with E-state index in [9.17, 15) is 26.4 Å². The zero-order chi connectivity index (χ0) is 26.9. The Bertz CT molecular complexity index is 1420. The lowest BCUT2D eigenvalue weighted by Gasteiger charge is -2.33. The third-order valence-corrected chi connectivity index (χ3v) is 7.34. The molecular formula is C26H26F3N3O4S. The highest BCUT2D eigenvalue weighted by Crippen LogP contribution is 2.37. The van der Waals surface area contributed by atoms with E-state index >= 15 is 0 Å². The molecule has 1 aliphatic rings. The van der Waals surface area contributed by atoms with Crippen LogP contribution in [-0.4, -0.2) is 36.7 Å². The molecular weight excluding hydrogens is 507 g/mol. The van der Waals surface area contributed by atoms with Gasteiger partial charge in [0, 0.05) is 18.0 Å². The van der Waals surface area contributed by atoms with Crippen molar-refractivity contribution in [1.29, 1.82) is 0 Å². The summed E-state index contributed by atoms with van der Waals surface area (Å²) in [6, 6.07) is 4.86. The smallest absolute Gasteiger partial charge is 0.274 e. The van der Waals surface area contributed by atoms with Crippen LogP contribution in [0.25, 0.3) is 11.3 Å². The Morgan fingerprint density at radius 3 is 2.43 bits per heavy atom. The number of rotatable bonds is 6. The summed E-state index contributed by atoms with van der Waals surface area (Å²) in [5.41, 5.74) is -0.836. The number of sulfone groups is 1. The van der Waals surface area contributed by atoms with Crippen molar-refractivity contribution < 1.29 is 31.1 Å². The fourth-order valence-corrected chi connectivity index (χ4v) is 4.92. The third-order valence-electron chi connectivity index (χ3n) is 6.25. The first-order valence-electron chi connectivity index (χ1n) is 11.7. The molecule has 37 heavy (non-hydrogen) atoms. The first-order valence-corrected chi connectivity index (χ1v) is 13.6. The van der Waals surface area contributed by atoms with Crippen LogP contribution >= 0.6 is 0 Å². The molecule has 2 atom stereocenters. The summed E-state index contributed by atoms with van der Waals surface area (Å²) in [7, 11) is -3.91. The van der Waals surface area contributed by atoms with Crippen molar-refractivity contribution in [3.8, 4) is 11.3 Å². The summed E-state index contributed by atoms with van der Waals surface area (Å²) >= 11 is 0. The van der Waals surface area contributed by atoms with Crippen molar-refractivity contribution in [2.45, 2.75) is 50.2 Å². The minimum Gasteiger partial charge on any atom is -0.370 e. The maximum atomic E-state index is 14.7. The van der Waals surface area contributed by atoms with Crippen LogP contribution in [0.3, 0.4) is 0 Å². The quantitative estimate of drug-likeness (QED) is 0.451. The summed E-state index contributed by atoms with van der Waals surface area (Å²) in [4.78, 5) is 20.4. The first kappa shape index (κ1) is 26.7. The Hall–Kier alpha value is -3.31. The van der Waals surface area contributed by atoms with Gasteiger partial charge in [0.15, 0.2) is 9.84 Å². The summed E-state index contributed by atoms with van der Waals surface area (Å²) in [6.45, 7) is 4.17. The van der Waals surface area contributed by atoms with Crippen LogP contribution in [-0.2, 0) is 14.6 Å². The highest BCUT2D eigenvalue weighted by Gasteiger charge is 2.28. The van der Waals surface area contributed by atoms with Crippen molar-refractivity contribution in [1.82, 2.24) is 9.97 Å². The maximum absolute atomic E-state index is 14.7. The number of nitrogens with one attached hydrogen (secondary N) is 1. The monoisotopic (exact) mass is 533 g/mol. The predicted octanol–water partition coefficient (Wildman–Crippen LogP) is 5.48. The molecule has 1 aromatic carbocycles. The summed E-state index contributed by atoms with van der Waals surface area (Å²) in [6.07, 6.45) is 6.33. The molecule has 0 radical (unpaired) electrons. The van der Waals surface area contributed by atoms with E-state index in [0.717, 1.165) is 43.2 Å². The van der Waals surface area contributed by atoms with Gasteiger partial charge in [0.1, 0.15) is 28.8 Å². The molecule has 3 aromatic rings. The van der Waals surface area contributed by atoms with E-state index in [1.54, 1.807) is 12.3 Å². The number of hydrogen-bond donors (Lipinski definition) is 1. The van der Waals surface area contributed by atoms with E-state index in [1.165, 1.54) is 6.20 Å². The molecule has 2 unspecified atom stereocenters. The Kier molecular flexibility index (Phi) is 7.65. The highest BCUT2D eigenvalue weighted by molar-refractivity contribution is 7.90. The number of carbonyl (C=O) groups is 1. The number of ether oxygens (including phenoxy) is 1. The molecule has 1 fully saturated rings. The molecule has 1 aliphatic heterocycles. The van der Waals surface area contributed by atoms with Crippen LogP contribution < -0.4 is 5.32 Å². The highest BCUT2D eigenvalue weighted by atomic mass is 32.2. The number of anilines is 1. The van der Waals surface area contributed by atoms with Crippen LogP contribution in [0.2, 0.25) is 0 Å². The van der Waals surface area contributed by atoms with Gasteiger partial charge in [-0.1, -0.05) is 13.8 Å². The van der Waals surface area contributed by atoms with Crippen molar-refractivity contribution in [2.75, 3.05) is 11.6 Å². The lowest BCUT2D eigenvalue weighted by atomic mass is 9.93. The van der Waals surface area contributed by atoms with E-state index in [4.69, 9.17) is 4.74 Å². The Morgan fingerprint density at radius 1 is 1.08 bits per heavy atom. The predicted molar refractivity (Wildman–Crippen MR) is 131 cm³/mol. The molecule has 4 rings (SSSR count). The average Bonchev–Trinajstić information content (AvgIpc) is 2.84. The minimum absolute atomic E-state index is 0.0793. The molecule has 0 aliphatic carbocycles. The fourth-order valence-electron chi connectivity index (χ4n) is 4.28. The van der Waals surface area contributed by atoms with Gasteiger partial charge >= 0.3 is 0 Å². The normalized spacial score (nSPS) is 18.1. The molecule has 1 saturated heterocycles. The van der Waals surface area contributed by atoms with Crippen LogP contribution in [0.4, 0.5) is 18.9 Å². The molecule has 11 heteroatoms. The Morgan fingerprint density at radius 2 is 1.78 bits per heavy atom. The SMILES string of the molecule is CC(C)C1CCCC(c2ccncc2NC(=O)c2ccc(F)c(-c3c(F)cc(S(C)(=O)=O)cc3F)n2)O1. The summed E-state index contributed by atoms with van der Waals surface area (Å²) < 4.78 is 73.6. The number of amides is 1. The lowest BCUT2D eigenvalue weighted by Crippen LogP contribution is -2.27. The first-order chi connectivity index (χ1) is 17.5. The van der Waals surface area contributed by atoms with Crippen molar-refractivity contribution in [3.05, 3.63) is 71.4 Å². The maximum Gasteiger partial charge on any atom is 0.274 e. The average molecular weight is 534 g/mol. The molecule has 2 aromatic heterocycles. The van der Waals surface area contributed by atoms with Gasteiger partial charge in [-0.25, -0.2) is 26.6 Å². The van der Waals surface area contributed by atoms with Crippen LogP contribution in [0.5, 0.6) is 0 Å². The van der Waals surface area contributed by atoms with Gasteiger partial charge in [-0.2, -0.15) is 0 Å². The number of aromatic nitrogens is 2. The zero-order valence-electron chi connectivity index (χ0n) is 20.5.